The van der Waals surface area contributed by atoms with E-state index in [1.165, 1.54) is 83.5 Å². The maximum absolute atomic E-state index is 6.21. The summed E-state index contributed by atoms with van der Waals surface area (Å²) in [7, 11) is 0. The molecule has 22 heavy (non-hydrogen) atoms. The average molecular weight is 309 g/mol. The minimum absolute atomic E-state index is 0.248. The first-order valence-electron chi connectivity index (χ1n) is 10.4. The number of ether oxygens (including phenoxy) is 1. The van der Waals surface area contributed by atoms with E-state index in [0.717, 1.165) is 24.4 Å². The van der Waals surface area contributed by atoms with Crippen LogP contribution in [-0.4, -0.2) is 12.2 Å². The van der Waals surface area contributed by atoms with Crippen LogP contribution in [0.15, 0.2) is 0 Å². The van der Waals surface area contributed by atoms with Gasteiger partial charge in [-0.05, 0) is 69.6 Å². The topological polar surface area (TPSA) is 9.23 Å². The third-order valence-corrected chi connectivity index (χ3v) is 6.62. The van der Waals surface area contributed by atoms with Crippen molar-refractivity contribution in [3.05, 3.63) is 0 Å². The Kier molecular flexibility index (Phi) is 7.74. The summed E-state index contributed by atoms with van der Waals surface area (Å²) in [4.78, 5) is 0. The van der Waals surface area contributed by atoms with Gasteiger partial charge in [-0.2, -0.15) is 0 Å². The fourth-order valence-corrected chi connectivity index (χ4v) is 5.31. The molecule has 0 heterocycles. The largest absolute Gasteiger partial charge is 0.375 e. The number of rotatable bonds is 8. The minimum Gasteiger partial charge on any atom is -0.375 e. The van der Waals surface area contributed by atoms with Gasteiger partial charge >= 0.3 is 0 Å². The minimum atomic E-state index is 0.248. The van der Waals surface area contributed by atoms with Gasteiger partial charge in [-0.3, -0.25) is 0 Å². The van der Waals surface area contributed by atoms with Gasteiger partial charge in [0, 0.05) is 6.61 Å². The van der Waals surface area contributed by atoms with Crippen LogP contribution in [0.3, 0.4) is 0 Å². The number of hydrogen-bond acceptors (Lipinski definition) is 1. The predicted molar refractivity (Wildman–Crippen MR) is 96.2 cm³/mol. The molecule has 2 fully saturated rings. The highest BCUT2D eigenvalue weighted by Crippen LogP contribution is 2.45. The van der Waals surface area contributed by atoms with Crippen LogP contribution in [-0.2, 0) is 4.74 Å². The molecule has 0 aromatic rings. The highest BCUT2D eigenvalue weighted by atomic mass is 16.5. The quantitative estimate of drug-likeness (QED) is 0.482. The molecule has 0 bridgehead atoms. The third-order valence-electron chi connectivity index (χ3n) is 6.62. The van der Waals surface area contributed by atoms with E-state index in [2.05, 4.69) is 20.8 Å². The van der Waals surface area contributed by atoms with Gasteiger partial charge < -0.3 is 4.74 Å². The molecule has 0 aromatic heterocycles. The molecule has 0 aromatic carbocycles. The molecule has 0 unspecified atom stereocenters. The summed E-state index contributed by atoms with van der Waals surface area (Å²) in [5, 5.41) is 0. The summed E-state index contributed by atoms with van der Waals surface area (Å²) >= 11 is 0. The summed E-state index contributed by atoms with van der Waals surface area (Å²) in [6.45, 7) is 7.70. The molecule has 0 atom stereocenters. The molecule has 0 spiro atoms. The van der Waals surface area contributed by atoms with Crippen molar-refractivity contribution in [2.75, 3.05) is 6.61 Å². The Labute approximate surface area is 139 Å². The molecule has 0 N–H and O–H groups in total. The summed E-state index contributed by atoms with van der Waals surface area (Å²) in [5.41, 5.74) is 0.248. The van der Waals surface area contributed by atoms with Crippen molar-refractivity contribution in [3.63, 3.8) is 0 Å². The molecule has 0 amide bonds. The van der Waals surface area contributed by atoms with Crippen molar-refractivity contribution in [2.45, 2.75) is 110 Å². The van der Waals surface area contributed by atoms with Crippen molar-refractivity contribution in [3.8, 4) is 0 Å². The van der Waals surface area contributed by atoms with Gasteiger partial charge in [-0.25, -0.2) is 0 Å². The molecule has 1 nitrogen and oxygen atoms in total. The van der Waals surface area contributed by atoms with Gasteiger partial charge in [-0.1, -0.05) is 52.4 Å². The smallest absolute Gasteiger partial charge is 0.0682 e. The first-order valence-corrected chi connectivity index (χ1v) is 10.4. The number of hydrogen-bond donors (Lipinski definition) is 0. The van der Waals surface area contributed by atoms with Crippen LogP contribution < -0.4 is 0 Å². The lowest BCUT2D eigenvalue weighted by Crippen LogP contribution is -2.39. The van der Waals surface area contributed by atoms with Crippen molar-refractivity contribution in [1.82, 2.24) is 0 Å². The Hall–Kier alpha value is -0.0400. The van der Waals surface area contributed by atoms with Crippen molar-refractivity contribution in [2.24, 2.45) is 17.8 Å². The van der Waals surface area contributed by atoms with Gasteiger partial charge in [0.2, 0.25) is 0 Å². The van der Waals surface area contributed by atoms with Crippen LogP contribution in [0.5, 0.6) is 0 Å². The Morgan fingerprint density at radius 1 is 0.818 bits per heavy atom. The molecule has 130 valence electrons. The first kappa shape index (κ1) is 18.3. The molecular formula is C21H40O. The van der Waals surface area contributed by atoms with Crippen LogP contribution in [0.4, 0.5) is 0 Å². The second-order valence-electron chi connectivity index (χ2n) is 8.13. The molecule has 2 aliphatic carbocycles. The van der Waals surface area contributed by atoms with Gasteiger partial charge in [-0.15, -0.1) is 0 Å². The molecule has 1 heteroatoms. The monoisotopic (exact) mass is 308 g/mol. The van der Waals surface area contributed by atoms with Crippen LogP contribution in [0.1, 0.15) is 104 Å². The molecule has 0 saturated heterocycles. The maximum Gasteiger partial charge on any atom is 0.0682 e. The van der Waals surface area contributed by atoms with E-state index in [9.17, 15) is 0 Å². The second-order valence-corrected chi connectivity index (χ2v) is 8.13. The Morgan fingerprint density at radius 3 is 2.00 bits per heavy atom. The fraction of sp³-hybridized carbons (Fsp3) is 1.00. The molecule has 0 aliphatic heterocycles. The molecule has 0 radical (unpaired) electrons. The van der Waals surface area contributed by atoms with Gasteiger partial charge in [0.1, 0.15) is 0 Å². The normalized spacial score (nSPS) is 36.4. The zero-order valence-corrected chi connectivity index (χ0v) is 15.5. The lowest BCUT2D eigenvalue weighted by atomic mass is 9.67. The van der Waals surface area contributed by atoms with Crippen molar-refractivity contribution < 1.29 is 4.74 Å². The SMILES string of the molecule is CCCCC1CCC([C@H]2CC[C@@](CCC)(OCC)CC2)CC1. The Bertz CT molecular complexity index is 274. The number of unbranched alkanes of at least 4 members (excludes halogenated alkanes) is 1. The second kappa shape index (κ2) is 9.30. The zero-order valence-electron chi connectivity index (χ0n) is 15.5. The highest BCUT2D eigenvalue weighted by Gasteiger charge is 2.38. The standard InChI is InChI=1S/C21H40O/c1-4-7-8-18-9-11-19(12-10-18)20-13-16-21(15-5-2,17-14-20)22-6-3/h18-20H,4-17H2,1-3H3/t18?,19?,20-,21+. The lowest BCUT2D eigenvalue weighted by molar-refractivity contribution is -0.0846. The van der Waals surface area contributed by atoms with E-state index in [0.29, 0.717) is 0 Å². The summed E-state index contributed by atoms with van der Waals surface area (Å²) < 4.78 is 6.21. The van der Waals surface area contributed by atoms with E-state index in [1.807, 2.05) is 0 Å². The first-order chi connectivity index (χ1) is 10.7. The van der Waals surface area contributed by atoms with E-state index < -0.39 is 0 Å². The summed E-state index contributed by atoms with van der Waals surface area (Å²) in [5.74, 6) is 3.11. The Morgan fingerprint density at radius 2 is 1.45 bits per heavy atom. The van der Waals surface area contributed by atoms with Crippen LogP contribution in [0.2, 0.25) is 0 Å². The van der Waals surface area contributed by atoms with E-state index in [4.69, 9.17) is 4.74 Å². The average Bonchev–Trinajstić information content (AvgIpc) is 2.55. The predicted octanol–water partition coefficient (Wildman–Crippen LogP) is 6.75. The zero-order chi connectivity index (χ0) is 15.8. The lowest BCUT2D eigenvalue weighted by Gasteiger charge is -2.43. The van der Waals surface area contributed by atoms with Gasteiger partial charge in [0.15, 0.2) is 0 Å². The molecule has 2 saturated carbocycles. The van der Waals surface area contributed by atoms with Gasteiger partial charge in [0.05, 0.1) is 5.60 Å². The van der Waals surface area contributed by atoms with Crippen LogP contribution in [0, 0.1) is 17.8 Å². The summed E-state index contributed by atoms with van der Waals surface area (Å²) in [6, 6.07) is 0. The Balaban J connectivity index is 1.75. The van der Waals surface area contributed by atoms with Crippen LogP contribution in [0.25, 0.3) is 0 Å². The van der Waals surface area contributed by atoms with Gasteiger partial charge in [0.25, 0.3) is 0 Å². The van der Waals surface area contributed by atoms with E-state index in [1.54, 1.807) is 0 Å². The molecular weight excluding hydrogens is 268 g/mol. The van der Waals surface area contributed by atoms with Crippen molar-refractivity contribution >= 4 is 0 Å². The maximum atomic E-state index is 6.21. The third kappa shape index (κ3) is 4.98. The fourth-order valence-electron chi connectivity index (χ4n) is 5.31. The van der Waals surface area contributed by atoms with E-state index >= 15 is 0 Å². The van der Waals surface area contributed by atoms with Crippen molar-refractivity contribution in [1.29, 1.82) is 0 Å². The molecule has 2 aliphatic rings. The summed E-state index contributed by atoms with van der Waals surface area (Å²) in [6.07, 6.45) is 18.5. The molecule has 2 rings (SSSR count). The van der Waals surface area contributed by atoms with Crippen LogP contribution >= 0.6 is 0 Å². The highest BCUT2D eigenvalue weighted by molar-refractivity contribution is 4.90. The van der Waals surface area contributed by atoms with E-state index in [-0.39, 0.29) is 5.60 Å².